The molecule has 0 aliphatic carbocycles. The molecule has 2 aliphatic heterocycles. The largest absolute Gasteiger partial charge is 0.494 e. The number of thioether (sulfide) groups is 1. The number of aliphatic imine (C=N–C) groups is 1. The molecule has 0 bridgehead atoms. The van der Waals surface area contributed by atoms with E-state index in [0.29, 0.717) is 11.8 Å². The number of carbonyl (C=O) groups excluding carboxylic acids is 1. The van der Waals surface area contributed by atoms with E-state index in [-0.39, 0.29) is 34.6 Å². The van der Waals surface area contributed by atoms with Crippen molar-refractivity contribution in [3.05, 3.63) is 24.3 Å². The van der Waals surface area contributed by atoms with Gasteiger partial charge in [-0.15, -0.1) is 0 Å². The third-order valence-corrected chi connectivity index (χ3v) is 7.84. The molecule has 1 aromatic rings. The first kappa shape index (κ1) is 20.2. The highest BCUT2D eigenvalue weighted by Gasteiger charge is 2.49. The summed E-state index contributed by atoms with van der Waals surface area (Å²) in [5.41, 5.74) is 0.816. The zero-order valence-electron chi connectivity index (χ0n) is 15.9. The average molecular weight is 411 g/mol. The smallest absolute Gasteiger partial charge is 0.250 e. The van der Waals surface area contributed by atoms with Crippen LogP contribution in [0.1, 0.15) is 33.6 Å². The van der Waals surface area contributed by atoms with E-state index < -0.39 is 9.84 Å². The quantitative estimate of drug-likeness (QED) is 0.671. The zero-order chi connectivity index (χ0) is 19.6. The number of hydrogen-bond acceptors (Lipinski definition) is 5. The molecule has 0 N–H and O–H groups in total. The van der Waals surface area contributed by atoms with E-state index in [1.54, 1.807) is 0 Å². The Hall–Kier alpha value is -1.54. The number of ether oxygens (including phenoxy) is 1. The highest BCUT2D eigenvalue weighted by molar-refractivity contribution is 8.16. The van der Waals surface area contributed by atoms with Gasteiger partial charge in [0.2, 0.25) is 0 Å². The second-order valence-electron chi connectivity index (χ2n) is 7.26. The summed E-state index contributed by atoms with van der Waals surface area (Å²) in [6.07, 6.45) is 2.03. The number of hydrogen-bond donors (Lipinski definition) is 0. The third-order valence-electron chi connectivity index (χ3n) is 4.63. The molecule has 0 unspecified atom stereocenters. The van der Waals surface area contributed by atoms with Crippen LogP contribution in [0, 0.1) is 5.92 Å². The van der Waals surface area contributed by atoms with Crippen molar-refractivity contribution in [2.75, 3.05) is 23.0 Å². The molecule has 0 aromatic heterocycles. The van der Waals surface area contributed by atoms with E-state index in [0.717, 1.165) is 24.3 Å². The SMILES string of the molecule is CCCCOc1cccc(N2C(=NC(=O)C(C)C)S[C@H]3CS(=O)(=O)C[C@H]32)c1. The zero-order valence-corrected chi connectivity index (χ0v) is 17.6. The van der Waals surface area contributed by atoms with Crippen LogP contribution in [0.3, 0.4) is 0 Å². The molecule has 0 saturated carbocycles. The van der Waals surface area contributed by atoms with Gasteiger partial charge in [-0.25, -0.2) is 8.42 Å². The molecule has 1 aromatic carbocycles. The molecule has 3 rings (SSSR count). The monoisotopic (exact) mass is 410 g/mol. The minimum atomic E-state index is -3.08. The van der Waals surface area contributed by atoms with Crippen molar-refractivity contribution in [2.45, 2.75) is 44.9 Å². The molecule has 27 heavy (non-hydrogen) atoms. The van der Waals surface area contributed by atoms with Crippen LogP contribution in [0.25, 0.3) is 0 Å². The molecule has 0 radical (unpaired) electrons. The molecule has 0 spiro atoms. The summed E-state index contributed by atoms with van der Waals surface area (Å²) in [6, 6.07) is 7.39. The molecule has 2 heterocycles. The minimum absolute atomic E-state index is 0.0838. The first-order chi connectivity index (χ1) is 12.8. The lowest BCUT2D eigenvalue weighted by Crippen LogP contribution is -2.37. The van der Waals surface area contributed by atoms with Gasteiger partial charge in [0.15, 0.2) is 15.0 Å². The lowest BCUT2D eigenvalue weighted by Gasteiger charge is -2.25. The number of amides is 1. The fourth-order valence-corrected chi connectivity index (χ4v) is 7.07. The predicted octanol–water partition coefficient (Wildman–Crippen LogP) is 3.12. The van der Waals surface area contributed by atoms with Gasteiger partial charge in [-0.2, -0.15) is 4.99 Å². The third kappa shape index (κ3) is 4.66. The van der Waals surface area contributed by atoms with Gasteiger partial charge >= 0.3 is 0 Å². The van der Waals surface area contributed by atoms with Crippen LogP contribution in [0.5, 0.6) is 5.75 Å². The Balaban J connectivity index is 1.92. The Morgan fingerprint density at radius 1 is 1.37 bits per heavy atom. The summed E-state index contributed by atoms with van der Waals surface area (Å²) in [5, 5.41) is 0.489. The van der Waals surface area contributed by atoms with Crippen molar-refractivity contribution in [3.8, 4) is 5.75 Å². The summed E-state index contributed by atoms with van der Waals surface area (Å²) in [6.45, 7) is 6.37. The maximum absolute atomic E-state index is 12.2. The molecule has 2 fully saturated rings. The number of nitrogens with zero attached hydrogens (tertiary/aromatic N) is 2. The maximum Gasteiger partial charge on any atom is 0.250 e. The van der Waals surface area contributed by atoms with Gasteiger partial charge in [-0.05, 0) is 18.6 Å². The second kappa shape index (κ2) is 8.22. The highest BCUT2D eigenvalue weighted by atomic mass is 32.2. The lowest BCUT2D eigenvalue weighted by atomic mass is 10.2. The van der Waals surface area contributed by atoms with E-state index in [1.807, 2.05) is 43.0 Å². The number of rotatable bonds is 6. The minimum Gasteiger partial charge on any atom is -0.494 e. The molecule has 148 valence electrons. The Morgan fingerprint density at radius 3 is 2.85 bits per heavy atom. The summed E-state index contributed by atoms with van der Waals surface area (Å²) >= 11 is 1.39. The van der Waals surface area contributed by atoms with Gasteiger partial charge in [0.25, 0.3) is 5.91 Å². The van der Waals surface area contributed by atoms with Crippen molar-refractivity contribution in [3.63, 3.8) is 0 Å². The Morgan fingerprint density at radius 2 is 2.15 bits per heavy atom. The van der Waals surface area contributed by atoms with Crippen LogP contribution >= 0.6 is 11.8 Å². The molecule has 8 heteroatoms. The molecule has 6 nitrogen and oxygen atoms in total. The number of unbranched alkanes of at least 4 members (excludes halogenated alkanes) is 1. The summed E-state index contributed by atoms with van der Waals surface area (Å²) in [7, 11) is -3.08. The summed E-state index contributed by atoms with van der Waals surface area (Å²) < 4.78 is 30.1. The van der Waals surface area contributed by atoms with Crippen LogP contribution in [0.15, 0.2) is 29.3 Å². The first-order valence-corrected chi connectivity index (χ1v) is 12.0. The number of amidine groups is 1. The molecule has 2 atom stereocenters. The summed E-state index contributed by atoms with van der Waals surface area (Å²) in [5.74, 6) is 0.555. The second-order valence-corrected chi connectivity index (χ2v) is 10.6. The van der Waals surface area contributed by atoms with Gasteiger partial charge in [0.1, 0.15) is 5.75 Å². The molecule has 1 amide bonds. The first-order valence-electron chi connectivity index (χ1n) is 9.32. The van der Waals surface area contributed by atoms with Crippen LogP contribution in [0.2, 0.25) is 0 Å². The Labute approximate surface area is 165 Å². The molecule has 2 saturated heterocycles. The van der Waals surface area contributed by atoms with Crippen molar-refractivity contribution in [1.29, 1.82) is 0 Å². The van der Waals surface area contributed by atoms with Crippen LogP contribution in [-0.2, 0) is 14.6 Å². The van der Waals surface area contributed by atoms with E-state index in [1.165, 1.54) is 11.8 Å². The number of benzene rings is 1. The number of sulfone groups is 1. The number of carbonyl (C=O) groups is 1. The average Bonchev–Trinajstić information content (AvgIpc) is 3.06. The van der Waals surface area contributed by atoms with Crippen LogP contribution in [0.4, 0.5) is 5.69 Å². The van der Waals surface area contributed by atoms with Gasteiger partial charge < -0.3 is 9.64 Å². The van der Waals surface area contributed by atoms with Gasteiger partial charge in [-0.3, -0.25) is 4.79 Å². The van der Waals surface area contributed by atoms with E-state index in [2.05, 4.69) is 11.9 Å². The standard InChI is InChI=1S/C19H26N2O4S2/c1-4-5-9-25-15-8-6-7-14(10-15)21-16-11-27(23,24)12-17(16)26-19(21)20-18(22)13(2)3/h6-8,10,13,16-17H,4-5,9,11-12H2,1-3H3/t16-,17+/m1/s1. The molecule has 2 aliphatic rings. The van der Waals surface area contributed by atoms with Gasteiger partial charge in [-0.1, -0.05) is 45.0 Å². The number of fused-ring (bicyclic) bond motifs is 1. The van der Waals surface area contributed by atoms with Crippen molar-refractivity contribution in [2.24, 2.45) is 10.9 Å². The van der Waals surface area contributed by atoms with Crippen molar-refractivity contribution >= 4 is 38.4 Å². The topological polar surface area (TPSA) is 76.0 Å². The lowest BCUT2D eigenvalue weighted by molar-refractivity contribution is -0.120. The van der Waals surface area contributed by atoms with Crippen molar-refractivity contribution < 1.29 is 17.9 Å². The fraction of sp³-hybridized carbons (Fsp3) is 0.579. The van der Waals surface area contributed by atoms with Gasteiger partial charge in [0.05, 0.1) is 24.2 Å². The van der Waals surface area contributed by atoms with E-state index in [4.69, 9.17) is 4.74 Å². The highest BCUT2D eigenvalue weighted by Crippen LogP contribution is 2.41. The van der Waals surface area contributed by atoms with Crippen molar-refractivity contribution in [1.82, 2.24) is 0 Å². The van der Waals surface area contributed by atoms with E-state index >= 15 is 0 Å². The fourth-order valence-electron chi connectivity index (χ4n) is 3.15. The van der Waals surface area contributed by atoms with Crippen LogP contribution in [-0.4, -0.2) is 48.9 Å². The Bertz CT molecular complexity index is 836. The van der Waals surface area contributed by atoms with Crippen LogP contribution < -0.4 is 9.64 Å². The van der Waals surface area contributed by atoms with Gasteiger partial charge in [0, 0.05) is 22.9 Å². The predicted molar refractivity (Wildman–Crippen MR) is 110 cm³/mol. The normalized spacial score (nSPS) is 25.2. The molecular formula is C19H26N2O4S2. The number of anilines is 1. The Kier molecular flexibility index (Phi) is 6.15. The summed E-state index contributed by atoms with van der Waals surface area (Å²) in [4.78, 5) is 18.4. The molecular weight excluding hydrogens is 384 g/mol. The van der Waals surface area contributed by atoms with E-state index in [9.17, 15) is 13.2 Å². The maximum atomic E-state index is 12.2.